The van der Waals surface area contributed by atoms with E-state index in [9.17, 15) is 4.79 Å². The average molecular weight is 499 g/mol. The van der Waals surface area contributed by atoms with Gasteiger partial charge in [0.05, 0.1) is 39.5 Å². The van der Waals surface area contributed by atoms with E-state index in [0.29, 0.717) is 41.1 Å². The van der Waals surface area contributed by atoms with Gasteiger partial charge in [0.15, 0.2) is 0 Å². The molecule has 1 amide bonds. The fourth-order valence-electron chi connectivity index (χ4n) is 4.44. The molecular formula is C24H27ClN6O2S. The highest BCUT2D eigenvalue weighted by molar-refractivity contribution is 8.00. The largest absolute Gasteiger partial charge is 0.481 e. The molecule has 3 aromatic rings. The molecule has 2 aliphatic rings. The fraction of sp³-hybridized carbons (Fsp3) is 0.417. The zero-order valence-corrected chi connectivity index (χ0v) is 20.5. The average Bonchev–Trinajstić information content (AvgIpc) is 2.87. The molecule has 3 N–H and O–H groups in total. The lowest BCUT2D eigenvalue weighted by Crippen LogP contribution is -2.47. The van der Waals surface area contributed by atoms with E-state index in [0.717, 1.165) is 59.4 Å². The highest BCUT2D eigenvalue weighted by Gasteiger charge is 2.22. The minimum absolute atomic E-state index is 0.00796. The van der Waals surface area contributed by atoms with Gasteiger partial charge in [0.25, 0.3) is 0 Å². The number of hydrogen-bond acceptors (Lipinski definition) is 8. The zero-order chi connectivity index (χ0) is 23.5. The van der Waals surface area contributed by atoms with Crippen LogP contribution in [-0.4, -0.2) is 52.4 Å². The lowest BCUT2D eigenvalue weighted by Gasteiger charge is -2.31. The topological polar surface area (TPSA) is 101 Å². The molecule has 5 heterocycles. The molecule has 3 aromatic heterocycles. The normalized spacial score (nSPS) is 20.1. The Bertz CT molecular complexity index is 1200. The number of ether oxygens (including phenoxy) is 1. The van der Waals surface area contributed by atoms with Gasteiger partial charge in [-0.3, -0.25) is 9.78 Å². The molecule has 0 saturated carbocycles. The number of anilines is 1. The van der Waals surface area contributed by atoms with E-state index in [1.807, 2.05) is 24.3 Å². The second-order valence-corrected chi connectivity index (χ2v) is 10.0. The van der Waals surface area contributed by atoms with Crippen LogP contribution in [0, 0.1) is 0 Å². The third-order valence-corrected chi connectivity index (χ3v) is 7.68. The Labute approximate surface area is 207 Å². The third-order valence-electron chi connectivity index (χ3n) is 6.31. The molecule has 1 fully saturated rings. The quantitative estimate of drug-likeness (QED) is 0.454. The van der Waals surface area contributed by atoms with Gasteiger partial charge in [0.1, 0.15) is 5.82 Å². The van der Waals surface area contributed by atoms with Gasteiger partial charge in [-0.25, -0.2) is 9.97 Å². The van der Waals surface area contributed by atoms with E-state index >= 15 is 0 Å². The molecule has 0 spiro atoms. The molecule has 5 rings (SSSR count). The van der Waals surface area contributed by atoms with Crippen molar-refractivity contribution >= 4 is 46.1 Å². The summed E-state index contributed by atoms with van der Waals surface area (Å²) in [6, 6.07) is 8.61. The van der Waals surface area contributed by atoms with Crippen LogP contribution in [0.15, 0.2) is 35.4 Å². The number of carbonyl (C=O) groups is 1. The van der Waals surface area contributed by atoms with Crippen molar-refractivity contribution in [3.63, 3.8) is 0 Å². The number of methoxy groups -OCH3 is 1. The summed E-state index contributed by atoms with van der Waals surface area (Å²) in [5, 5.41) is 10.8. The first kappa shape index (κ1) is 23.3. The SMILES string of the molecule is COc1ccc2ncc(Cl)c(CC[C@@H]3CC[C@H](NCc4ccc5c(n4)NC(=O)CS5)CN3)c2n1. The lowest BCUT2D eigenvalue weighted by molar-refractivity contribution is -0.113. The van der Waals surface area contributed by atoms with E-state index in [1.165, 1.54) is 11.8 Å². The fourth-order valence-corrected chi connectivity index (χ4v) is 5.42. The van der Waals surface area contributed by atoms with Crippen LogP contribution in [0.25, 0.3) is 11.0 Å². The second kappa shape index (κ2) is 10.4. The second-order valence-electron chi connectivity index (χ2n) is 8.59. The van der Waals surface area contributed by atoms with Crippen LogP contribution < -0.4 is 20.7 Å². The van der Waals surface area contributed by atoms with E-state index in [4.69, 9.17) is 16.3 Å². The molecule has 0 aromatic carbocycles. The maximum absolute atomic E-state index is 11.6. The minimum Gasteiger partial charge on any atom is -0.481 e. The van der Waals surface area contributed by atoms with Crippen LogP contribution in [0.5, 0.6) is 5.88 Å². The van der Waals surface area contributed by atoms with Crippen LogP contribution >= 0.6 is 23.4 Å². The molecule has 10 heteroatoms. The van der Waals surface area contributed by atoms with Crippen LogP contribution in [0.2, 0.25) is 5.02 Å². The minimum atomic E-state index is 0.00796. The van der Waals surface area contributed by atoms with Crippen molar-refractivity contribution in [1.29, 1.82) is 0 Å². The highest BCUT2D eigenvalue weighted by Crippen LogP contribution is 2.30. The molecule has 8 nitrogen and oxygen atoms in total. The zero-order valence-electron chi connectivity index (χ0n) is 18.9. The number of fused-ring (bicyclic) bond motifs is 2. The van der Waals surface area contributed by atoms with E-state index in [1.54, 1.807) is 13.3 Å². The lowest BCUT2D eigenvalue weighted by atomic mass is 9.95. The first-order valence-electron chi connectivity index (χ1n) is 11.5. The Balaban J connectivity index is 1.13. The van der Waals surface area contributed by atoms with E-state index < -0.39 is 0 Å². The molecule has 178 valence electrons. The summed E-state index contributed by atoms with van der Waals surface area (Å²) in [7, 11) is 1.61. The number of pyridine rings is 3. The van der Waals surface area contributed by atoms with Gasteiger partial charge in [-0.15, -0.1) is 11.8 Å². The number of rotatable bonds is 7. The molecular weight excluding hydrogens is 472 g/mol. The van der Waals surface area contributed by atoms with Crippen molar-refractivity contribution in [2.75, 3.05) is 24.7 Å². The Morgan fingerprint density at radius 1 is 1.24 bits per heavy atom. The summed E-state index contributed by atoms with van der Waals surface area (Å²) in [6.45, 7) is 1.58. The third kappa shape index (κ3) is 5.27. The number of hydrogen-bond donors (Lipinski definition) is 3. The summed E-state index contributed by atoms with van der Waals surface area (Å²) < 4.78 is 5.29. The van der Waals surface area contributed by atoms with Gasteiger partial charge in [-0.1, -0.05) is 11.6 Å². The molecule has 0 radical (unpaired) electrons. The summed E-state index contributed by atoms with van der Waals surface area (Å²) >= 11 is 8.02. The number of halogens is 1. The highest BCUT2D eigenvalue weighted by atomic mass is 35.5. The predicted octanol–water partition coefficient (Wildman–Crippen LogP) is 3.57. The number of nitrogens with zero attached hydrogens (tertiary/aromatic N) is 3. The van der Waals surface area contributed by atoms with Gasteiger partial charge in [0.2, 0.25) is 11.8 Å². The molecule has 0 unspecified atom stereocenters. The molecule has 1 saturated heterocycles. The predicted molar refractivity (Wildman–Crippen MR) is 135 cm³/mol. The number of amides is 1. The van der Waals surface area contributed by atoms with Crippen molar-refractivity contribution in [3.8, 4) is 5.88 Å². The summed E-state index contributed by atoms with van der Waals surface area (Å²) in [4.78, 5) is 26.2. The number of carbonyl (C=O) groups excluding carboxylic acids is 1. The summed E-state index contributed by atoms with van der Waals surface area (Å²) in [5.74, 6) is 1.71. The number of piperidine rings is 1. The van der Waals surface area contributed by atoms with Gasteiger partial charge < -0.3 is 20.7 Å². The molecule has 0 bridgehead atoms. The maximum Gasteiger partial charge on any atom is 0.235 e. The van der Waals surface area contributed by atoms with Crippen LogP contribution in [0.4, 0.5) is 5.82 Å². The van der Waals surface area contributed by atoms with Crippen LogP contribution in [-0.2, 0) is 17.8 Å². The number of nitrogens with one attached hydrogen (secondary N) is 3. The van der Waals surface area contributed by atoms with Crippen molar-refractivity contribution < 1.29 is 9.53 Å². The molecule has 2 aliphatic heterocycles. The summed E-state index contributed by atoms with van der Waals surface area (Å²) in [5.41, 5.74) is 3.60. The van der Waals surface area contributed by atoms with Crippen LogP contribution in [0.1, 0.15) is 30.5 Å². The molecule has 2 atom stereocenters. The van der Waals surface area contributed by atoms with Crippen molar-refractivity contribution in [2.45, 2.75) is 49.2 Å². The van der Waals surface area contributed by atoms with Gasteiger partial charge in [-0.05, 0) is 43.9 Å². The smallest absolute Gasteiger partial charge is 0.235 e. The number of aromatic nitrogens is 3. The first-order chi connectivity index (χ1) is 16.6. The molecule has 0 aliphatic carbocycles. The number of aryl methyl sites for hydroxylation is 1. The number of thioether (sulfide) groups is 1. The Hall–Kier alpha value is -2.46. The first-order valence-corrected chi connectivity index (χ1v) is 12.8. The van der Waals surface area contributed by atoms with E-state index in [2.05, 4.69) is 30.9 Å². The van der Waals surface area contributed by atoms with Crippen molar-refractivity contribution in [2.24, 2.45) is 0 Å². The molecule has 34 heavy (non-hydrogen) atoms. The van der Waals surface area contributed by atoms with Gasteiger partial charge in [-0.2, -0.15) is 0 Å². The van der Waals surface area contributed by atoms with Crippen LogP contribution in [0.3, 0.4) is 0 Å². The Morgan fingerprint density at radius 3 is 2.97 bits per heavy atom. The Kier molecular flexibility index (Phi) is 7.15. The van der Waals surface area contributed by atoms with Gasteiger partial charge >= 0.3 is 0 Å². The van der Waals surface area contributed by atoms with Crippen molar-refractivity contribution in [3.05, 3.63) is 46.7 Å². The summed E-state index contributed by atoms with van der Waals surface area (Å²) in [6.07, 6.45) is 5.69. The monoisotopic (exact) mass is 498 g/mol. The maximum atomic E-state index is 11.6. The van der Waals surface area contributed by atoms with E-state index in [-0.39, 0.29) is 5.91 Å². The Morgan fingerprint density at radius 2 is 2.15 bits per heavy atom. The van der Waals surface area contributed by atoms with Crippen molar-refractivity contribution in [1.82, 2.24) is 25.6 Å². The van der Waals surface area contributed by atoms with Gasteiger partial charge in [0, 0.05) is 43.0 Å². The standard InChI is InChI=1S/C24H27ClN6O2S/c1-33-22-9-7-19-23(31-22)17(18(25)12-28-19)6-4-14-2-3-15(10-26-14)27-11-16-5-8-20-24(29-16)30-21(32)13-34-20/h5,7-9,12,14-15,26-27H,2-4,6,10-11,13H2,1H3,(H,29,30,32)/t14-,15-/m0/s1.